The number of nitrogens with one attached hydrogen (secondary N) is 1. The number of carbonyl (C=O) groups is 1. The third-order valence-corrected chi connectivity index (χ3v) is 6.67. The molecule has 1 aromatic rings. The van der Waals surface area contributed by atoms with Gasteiger partial charge in [0.2, 0.25) is 10.0 Å². The van der Waals surface area contributed by atoms with Crippen LogP contribution in [0.15, 0.2) is 23.1 Å². The number of benzene rings is 1. The highest BCUT2D eigenvalue weighted by Gasteiger charge is 2.24. The van der Waals surface area contributed by atoms with Gasteiger partial charge in [-0.2, -0.15) is 11.8 Å². The Balaban J connectivity index is 2.16. The Morgan fingerprint density at radius 2 is 1.96 bits per heavy atom. The maximum absolute atomic E-state index is 12.8. The minimum atomic E-state index is -3.70. The summed E-state index contributed by atoms with van der Waals surface area (Å²) in [6.45, 7) is 8.46. The molecule has 2 rings (SSSR count). The van der Waals surface area contributed by atoms with E-state index in [1.54, 1.807) is 16.7 Å². The van der Waals surface area contributed by atoms with Crippen molar-refractivity contribution >= 4 is 27.7 Å². The predicted molar refractivity (Wildman–Crippen MR) is 107 cm³/mol. The van der Waals surface area contributed by atoms with Crippen LogP contribution in [0.2, 0.25) is 0 Å². The fourth-order valence-electron chi connectivity index (χ4n) is 2.57. The normalized spacial score (nSPS) is 15.6. The van der Waals surface area contributed by atoms with Gasteiger partial charge in [-0.05, 0) is 18.2 Å². The van der Waals surface area contributed by atoms with Crippen LogP contribution in [-0.2, 0) is 14.8 Å². The van der Waals surface area contributed by atoms with Crippen molar-refractivity contribution in [3.8, 4) is 5.75 Å². The number of carbonyl (C=O) groups excluding carboxylic acids is 1. The molecule has 0 aromatic heterocycles. The summed E-state index contributed by atoms with van der Waals surface area (Å²) in [5, 5.41) is 0. The van der Waals surface area contributed by atoms with E-state index in [9.17, 15) is 13.2 Å². The molecule has 0 unspecified atom stereocenters. The van der Waals surface area contributed by atoms with Gasteiger partial charge in [0, 0.05) is 30.1 Å². The Morgan fingerprint density at radius 1 is 1.30 bits per heavy atom. The number of rotatable bonds is 7. The third kappa shape index (κ3) is 6.38. The van der Waals surface area contributed by atoms with Crippen molar-refractivity contribution < 1.29 is 22.7 Å². The molecule has 1 aliphatic heterocycles. The predicted octanol–water partition coefficient (Wildman–Crippen LogP) is 1.98. The Hall–Kier alpha value is -1.29. The third-order valence-electron chi connectivity index (χ3n) is 3.94. The maximum Gasteiger partial charge on any atom is 0.257 e. The van der Waals surface area contributed by atoms with Crippen LogP contribution in [0.5, 0.6) is 5.75 Å². The molecule has 152 valence electrons. The van der Waals surface area contributed by atoms with Crippen LogP contribution in [0.25, 0.3) is 0 Å². The van der Waals surface area contributed by atoms with E-state index >= 15 is 0 Å². The number of sulfonamides is 1. The largest absolute Gasteiger partial charge is 0.496 e. The quantitative estimate of drug-likeness (QED) is 0.684. The SMILES string of the molecule is COc1ccc(S(=O)(=O)NCCSC(C)(C)C)cc1C(=O)N1CCOCC1. The molecular weight excluding hydrogens is 388 g/mol. The number of hydrogen-bond donors (Lipinski definition) is 1. The lowest BCUT2D eigenvalue weighted by Crippen LogP contribution is -2.40. The molecule has 0 bridgehead atoms. The lowest BCUT2D eigenvalue weighted by Gasteiger charge is -2.27. The highest BCUT2D eigenvalue weighted by Crippen LogP contribution is 2.25. The van der Waals surface area contributed by atoms with Gasteiger partial charge in [-0.25, -0.2) is 13.1 Å². The van der Waals surface area contributed by atoms with E-state index in [1.807, 2.05) is 0 Å². The van der Waals surface area contributed by atoms with Crippen LogP contribution >= 0.6 is 11.8 Å². The summed E-state index contributed by atoms with van der Waals surface area (Å²) >= 11 is 1.68. The lowest BCUT2D eigenvalue weighted by atomic mass is 10.1. The van der Waals surface area contributed by atoms with Gasteiger partial charge in [-0.3, -0.25) is 4.79 Å². The Kier molecular flexibility index (Phi) is 7.55. The van der Waals surface area contributed by atoms with E-state index in [2.05, 4.69) is 25.5 Å². The van der Waals surface area contributed by atoms with Crippen LogP contribution in [0, 0.1) is 0 Å². The summed E-state index contributed by atoms with van der Waals surface area (Å²) in [4.78, 5) is 14.5. The summed E-state index contributed by atoms with van der Waals surface area (Å²) in [6.07, 6.45) is 0. The van der Waals surface area contributed by atoms with Gasteiger partial charge < -0.3 is 14.4 Å². The molecule has 0 spiro atoms. The molecule has 0 atom stereocenters. The minimum absolute atomic E-state index is 0.0562. The smallest absolute Gasteiger partial charge is 0.257 e. The van der Waals surface area contributed by atoms with E-state index in [-0.39, 0.29) is 21.1 Å². The zero-order chi connectivity index (χ0) is 20.1. The van der Waals surface area contributed by atoms with Gasteiger partial charge in [0.15, 0.2) is 0 Å². The molecule has 1 aromatic carbocycles. The number of methoxy groups -OCH3 is 1. The van der Waals surface area contributed by atoms with Gasteiger partial charge in [-0.15, -0.1) is 0 Å². The molecule has 0 saturated carbocycles. The molecule has 1 saturated heterocycles. The number of nitrogens with zero attached hydrogens (tertiary/aromatic N) is 1. The molecule has 0 radical (unpaired) electrons. The van der Waals surface area contributed by atoms with Crippen molar-refractivity contribution in [3.63, 3.8) is 0 Å². The first-order chi connectivity index (χ1) is 12.6. The fraction of sp³-hybridized carbons (Fsp3) is 0.611. The molecular formula is C18H28N2O5S2. The summed E-state index contributed by atoms with van der Waals surface area (Å²) in [7, 11) is -2.24. The maximum atomic E-state index is 12.8. The Bertz CT molecular complexity index is 754. The number of ether oxygens (including phenoxy) is 2. The van der Waals surface area contributed by atoms with Crippen LogP contribution < -0.4 is 9.46 Å². The van der Waals surface area contributed by atoms with Crippen molar-refractivity contribution in [2.24, 2.45) is 0 Å². The summed E-state index contributed by atoms with van der Waals surface area (Å²) in [6, 6.07) is 4.36. The second-order valence-electron chi connectivity index (χ2n) is 7.13. The lowest BCUT2D eigenvalue weighted by molar-refractivity contribution is 0.0300. The van der Waals surface area contributed by atoms with Crippen molar-refractivity contribution in [3.05, 3.63) is 23.8 Å². The average Bonchev–Trinajstić information content (AvgIpc) is 2.64. The average molecular weight is 417 g/mol. The van der Waals surface area contributed by atoms with Crippen LogP contribution in [0.3, 0.4) is 0 Å². The zero-order valence-corrected chi connectivity index (χ0v) is 17.9. The summed E-state index contributed by atoms with van der Waals surface area (Å²) in [5.41, 5.74) is 0.242. The second kappa shape index (κ2) is 9.27. The Morgan fingerprint density at radius 3 is 2.56 bits per heavy atom. The van der Waals surface area contributed by atoms with Gasteiger partial charge in [0.1, 0.15) is 5.75 Å². The van der Waals surface area contributed by atoms with Crippen LogP contribution in [-0.4, -0.2) is 69.7 Å². The van der Waals surface area contributed by atoms with Crippen molar-refractivity contribution in [1.29, 1.82) is 0 Å². The standard InChI is InChI=1S/C18H28N2O5S2/c1-18(2,3)26-12-7-19-27(22,23)14-5-6-16(24-4)15(13-14)17(21)20-8-10-25-11-9-20/h5-6,13,19H,7-12H2,1-4H3. The first kappa shape index (κ1) is 22.0. The van der Waals surface area contributed by atoms with Crippen molar-refractivity contribution in [1.82, 2.24) is 9.62 Å². The van der Waals surface area contributed by atoms with E-state index in [0.29, 0.717) is 44.4 Å². The number of hydrogen-bond acceptors (Lipinski definition) is 6. The molecule has 7 nitrogen and oxygen atoms in total. The molecule has 1 heterocycles. The zero-order valence-electron chi connectivity index (χ0n) is 16.3. The van der Waals surface area contributed by atoms with Crippen LogP contribution in [0.4, 0.5) is 0 Å². The number of thioether (sulfide) groups is 1. The van der Waals surface area contributed by atoms with Crippen LogP contribution in [0.1, 0.15) is 31.1 Å². The van der Waals surface area contributed by atoms with Gasteiger partial charge in [0.05, 0.1) is 30.8 Å². The minimum Gasteiger partial charge on any atom is -0.496 e. The topological polar surface area (TPSA) is 84.9 Å². The van der Waals surface area contributed by atoms with Gasteiger partial charge in [-0.1, -0.05) is 20.8 Å². The molecule has 1 aliphatic rings. The first-order valence-electron chi connectivity index (χ1n) is 8.83. The monoisotopic (exact) mass is 416 g/mol. The highest BCUT2D eigenvalue weighted by atomic mass is 32.2. The second-order valence-corrected chi connectivity index (χ2v) is 10.8. The van der Waals surface area contributed by atoms with Gasteiger partial charge >= 0.3 is 0 Å². The van der Waals surface area contributed by atoms with Crippen molar-refractivity contribution in [2.45, 2.75) is 30.4 Å². The molecule has 0 aliphatic carbocycles. The Labute approximate surface area is 165 Å². The summed E-state index contributed by atoms with van der Waals surface area (Å²) < 4.78 is 38.4. The first-order valence-corrected chi connectivity index (χ1v) is 11.3. The molecule has 27 heavy (non-hydrogen) atoms. The highest BCUT2D eigenvalue weighted by molar-refractivity contribution is 8.00. The van der Waals surface area contributed by atoms with E-state index in [0.717, 1.165) is 0 Å². The molecule has 1 fully saturated rings. The van der Waals surface area contributed by atoms with E-state index < -0.39 is 10.0 Å². The van der Waals surface area contributed by atoms with Crippen molar-refractivity contribution in [2.75, 3.05) is 45.7 Å². The molecule has 1 amide bonds. The van der Waals surface area contributed by atoms with Gasteiger partial charge in [0.25, 0.3) is 5.91 Å². The van der Waals surface area contributed by atoms with E-state index in [1.165, 1.54) is 25.3 Å². The summed E-state index contributed by atoms with van der Waals surface area (Å²) in [5.74, 6) is 0.766. The fourth-order valence-corrected chi connectivity index (χ4v) is 4.58. The molecule has 1 N–H and O–H groups in total. The number of morpholine rings is 1. The number of amides is 1. The molecule has 9 heteroatoms. The van der Waals surface area contributed by atoms with E-state index in [4.69, 9.17) is 9.47 Å².